The number of carbonyl (C=O) groups excluding carboxylic acids is 3. The van der Waals surface area contributed by atoms with Crippen molar-refractivity contribution in [3.63, 3.8) is 0 Å². The van der Waals surface area contributed by atoms with E-state index in [0.29, 0.717) is 30.7 Å². The van der Waals surface area contributed by atoms with Crippen molar-refractivity contribution >= 4 is 29.9 Å². The van der Waals surface area contributed by atoms with Crippen LogP contribution >= 0.6 is 11.8 Å². The molecule has 3 aliphatic heterocycles. The molecule has 0 unspecified atom stereocenters. The molecule has 0 bridgehead atoms. The monoisotopic (exact) mass is 468 g/mol. The number of rotatable bonds is 9. The van der Waals surface area contributed by atoms with Crippen molar-refractivity contribution < 1.29 is 23.2 Å². The normalized spacial score (nSPS) is 42.6. The number of ether oxygens (including phenoxy) is 1. The van der Waals surface area contributed by atoms with Crippen LogP contribution in [0.5, 0.6) is 0 Å². The maximum atomic E-state index is 13.3. The molecule has 0 aromatic rings. The van der Waals surface area contributed by atoms with E-state index in [2.05, 4.69) is 5.32 Å². The molecule has 8 heteroatoms. The Morgan fingerprint density at radius 1 is 1.41 bits per heavy atom. The fraction of sp³-hybridized carbons (Fsp3) is 0.792. The second-order valence-corrected chi connectivity index (χ2v) is 10.6. The number of hydrogen-bond donors (Lipinski definition) is 1. The van der Waals surface area contributed by atoms with Gasteiger partial charge in [0.1, 0.15) is 5.54 Å². The zero-order chi connectivity index (χ0) is 26.8. The lowest BCUT2D eigenvalue weighted by Crippen LogP contribution is -2.64. The van der Waals surface area contributed by atoms with Crippen molar-refractivity contribution in [3.8, 4) is 0 Å². The summed E-state index contributed by atoms with van der Waals surface area (Å²) in [5.74, 6) is -4.43. The number of thioether (sulfide) groups is 1. The first-order valence-corrected chi connectivity index (χ1v) is 12.3. The number of methoxy groups -OCH3 is 1. The largest absolute Gasteiger partial charge is 0.381 e. The molecule has 7 nitrogen and oxygen atoms in total. The number of aldehydes is 1. The molecule has 0 aromatic carbocycles. The zero-order valence-corrected chi connectivity index (χ0v) is 21.3. The van der Waals surface area contributed by atoms with Crippen LogP contribution in [0, 0.1) is 17.2 Å². The van der Waals surface area contributed by atoms with E-state index in [-0.39, 0.29) is 23.3 Å². The van der Waals surface area contributed by atoms with Crippen LogP contribution < -0.4 is 5.32 Å². The summed E-state index contributed by atoms with van der Waals surface area (Å²) in [6.45, 7) is 12.3. The molecule has 180 valence electrons. The number of allylic oxidation sites excluding steroid dienone is 1. The lowest BCUT2D eigenvalue weighted by atomic mass is 9.73. The van der Waals surface area contributed by atoms with Gasteiger partial charge in [-0.25, -0.2) is 0 Å². The van der Waals surface area contributed by atoms with E-state index < -0.39 is 40.8 Å². The zero-order valence-electron chi connectivity index (χ0n) is 23.5. The van der Waals surface area contributed by atoms with Crippen molar-refractivity contribution in [2.75, 3.05) is 27.2 Å². The van der Waals surface area contributed by atoms with Crippen LogP contribution in [0.4, 0.5) is 0 Å². The summed E-state index contributed by atoms with van der Waals surface area (Å²) < 4.78 is 33.4. The van der Waals surface area contributed by atoms with E-state index in [1.807, 2.05) is 27.7 Å². The SMILES string of the molecule is [2H][C@]12N(C(=O)[C@]1([2H])[C@@H](CC)OC)C(C=O)=C(S[C@@H]1CN[C@](C)(C(=O)N(C)CC)C1(C)C)[C@]2([2H])CC. The topological polar surface area (TPSA) is 79.0 Å². The fourth-order valence-corrected chi connectivity index (χ4v) is 6.56. The molecule has 6 atom stereocenters. The van der Waals surface area contributed by atoms with E-state index in [1.165, 1.54) is 18.9 Å². The molecular weight excluding hydrogens is 426 g/mol. The average Bonchev–Trinajstić information content (AvgIpc) is 3.18. The van der Waals surface area contributed by atoms with Crippen LogP contribution in [0.15, 0.2) is 10.6 Å². The minimum Gasteiger partial charge on any atom is -0.381 e. The Balaban J connectivity index is 2.07. The van der Waals surface area contributed by atoms with Crippen LogP contribution in [-0.4, -0.2) is 78.1 Å². The van der Waals surface area contributed by atoms with Crippen molar-refractivity contribution in [1.82, 2.24) is 15.1 Å². The van der Waals surface area contributed by atoms with E-state index in [1.54, 1.807) is 25.8 Å². The highest BCUT2D eigenvalue weighted by molar-refractivity contribution is 8.03. The van der Waals surface area contributed by atoms with Crippen molar-refractivity contribution in [2.24, 2.45) is 17.2 Å². The Labute approximate surface area is 200 Å². The quantitative estimate of drug-likeness (QED) is 0.414. The molecule has 0 aromatic heterocycles. The minimum absolute atomic E-state index is 0.0120. The van der Waals surface area contributed by atoms with Gasteiger partial charge in [0.25, 0.3) is 0 Å². The molecule has 2 amide bonds. The Morgan fingerprint density at radius 3 is 2.56 bits per heavy atom. The maximum Gasteiger partial charge on any atom is 0.242 e. The van der Waals surface area contributed by atoms with Gasteiger partial charge in [-0.05, 0) is 26.7 Å². The van der Waals surface area contributed by atoms with Gasteiger partial charge in [-0.15, -0.1) is 11.8 Å². The van der Waals surface area contributed by atoms with E-state index in [0.717, 1.165) is 4.90 Å². The summed E-state index contributed by atoms with van der Waals surface area (Å²) in [5, 5.41) is 3.16. The first-order chi connectivity index (χ1) is 16.1. The summed E-state index contributed by atoms with van der Waals surface area (Å²) in [7, 11) is 3.16. The van der Waals surface area contributed by atoms with Gasteiger partial charge in [0.05, 0.1) is 25.1 Å². The summed E-state index contributed by atoms with van der Waals surface area (Å²) in [4.78, 5) is 41.9. The minimum atomic E-state index is -2.01. The van der Waals surface area contributed by atoms with E-state index in [9.17, 15) is 17.1 Å². The highest BCUT2D eigenvalue weighted by Crippen LogP contribution is 2.56. The molecule has 3 aliphatic rings. The van der Waals surface area contributed by atoms with Gasteiger partial charge in [0.2, 0.25) is 11.8 Å². The predicted molar refractivity (Wildman–Crippen MR) is 127 cm³/mol. The van der Waals surface area contributed by atoms with E-state index in [4.69, 9.17) is 6.11 Å². The number of hydrogen-bond acceptors (Lipinski definition) is 6. The van der Waals surface area contributed by atoms with Crippen molar-refractivity contribution in [1.29, 1.82) is 0 Å². The van der Waals surface area contributed by atoms with Crippen LogP contribution in [0.3, 0.4) is 0 Å². The maximum absolute atomic E-state index is 13.3. The molecular formula is C24H39N3O4S. The third-order valence-corrected chi connectivity index (χ3v) is 9.36. The molecule has 32 heavy (non-hydrogen) atoms. The Morgan fingerprint density at radius 2 is 2.06 bits per heavy atom. The third kappa shape index (κ3) is 3.44. The van der Waals surface area contributed by atoms with Gasteiger partial charge >= 0.3 is 0 Å². The number of nitrogens with zero attached hydrogens (tertiary/aromatic N) is 2. The first-order valence-electron chi connectivity index (χ1n) is 12.9. The second-order valence-electron chi connectivity index (χ2n) is 9.35. The van der Waals surface area contributed by atoms with Crippen molar-refractivity contribution in [2.45, 2.75) is 77.3 Å². The standard InChI is InChI=1S/C24H39N3O4S/c1-9-14-19-18(16(10-2)31-8)21(29)27(19)15(13-28)20(14)32-17-12-25-24(6,23(17,4)5)22(30)26(7)11-3/h13-14,16-19,25H,9-12H2,1-8H3/t14-,16-,17-,18-,19-,24-/m1/s1/i14D,18D,19D. The third-order valence-electron chi connectivity index (χ3n) is 7.63. The predicted octanol–water partition coefficient (Wildman–Crippen LogP) is 2.66. The molecule has 3 rings (SSSR count). The highest BCUT2D eigenvalue weighted by Gasteiger charge is 2.62. The number of amides is 2. The summed E-state index contributed by atoms with van der Waals surface area (Å²) in [5.41, 5.74) is -1.47. The van der Waals surface area contributed by atoms with Gasteiger partial charge in [0.15, 0.2) is 6.29 Å². The molecule has 2 fully saturated rings. The molecule has 2 saturated heterocycles. The molecule has 3 heterocycles. The molecule has 0 saturated carbocycles. The van der Waals surface area contributed by atoms with Crippen LogP contribution in [0.2, 0.25) is 0 Å². The lowest BCUT2D eigenvalue weighted by Gasteiger charge is -2.48. The number of likely N-dealkylation sites (N-methyl/N-ethyl adjacent to an activating group) is 1. The number of carbonyl (C=O) groups is 3. The molecule has 1 N–H and O–H groups in total. The van der Waals surface area contributed by atoms with E-state index >= 15 is 0 Å². The van der Waals surface area contributed by atoms with Crippen LogP contribution in [0.1, 0.15) is 58.5 Å². The first kappa shape index (κ1) is 21.2. The van der Waals surface area contributed by atoms with Gasteiger partial charge in [0, 0.05) is 51.5 Å². The lowest BCUT2D eigenvalue weighted by molar-refractivity contribution is -0.163. The van der Waals surface area contributed by atoms with Crippen LogP contribution in [0.25, 0.3) is 0 Å². The fourth-order valence-electron chi connectivity index (χ4n) is 4.94. The molecule has 0 radical (unpaired) electrons. The number of β-lactam (4-membered cyclic amide) rings is 1. The number of nitrogens with one attached hydrogen (secondary N) is 1. The summed E-state index contributed by atoms with van der Waals surface area (Å²) >= 11 is 1.29. The summed E-state index contributed by atoms with van der Waals surface area (Å²) in [6.07, 6.45) is 0.111. The van der Waals surface area contributed by atoms with Crippen LogP contribution in [-0.2, 0) is 19.1 Å². The molecule has 0 aliphatic carbocycles. The van der Waals surface area contributed by atoms with Gasteiger partial charge in [-0.3, -0.25) is 14.4 Å². The van der Waals surface area contributed by atoms with Gasteiger partial charge in [-0.1, -0.05) is 27.7 Å². The Bertz CT molecular complexity index is 960. The smallest absolute Gasteiger partial charge is 0.242 e. The van der Waals surface area contributed by atoms with Gasteiger partial charge in [-0.2, -0.15) is 0 Å². The molecule has 0 spiro atoms. The number of fused-ring (bicyclic) bond motifs is 1. The average molecular weight is 469 g/mol. The Kier molecular flexibility index (Phi) is 6.02. The van der Waals surface area contributed by atoms with Crippen molar-refractivity contribution in [3.05, 3.63) is 10.6 Å². The summed E-state index contributed by atoms with van der Waals surface area (Å²) in [6, 6.07) is -2.00. The van der Waals surface area contributed by atoms with Gasteiger partial charge < -0.3 is 19.9 Å². The second kappa shape index (κ2) is 9.11. The Hall–Kier alpha value is -1.38. The highest BCUT2D eigenvalue weighted by atomic mass is 32.2.